The van der Waals surface area contributed by atoms with Gasteiger partial charge in [-0.15, -0.1) is 0 Å². The van der Waals surface area contributed by atoms with Gasteiger partial charge in [-0.2, -0.15) is 23.5 Å². The first kappa shape index (κ1) is 15.5. The van der Waals surface area contributed by atoms with Crippen LogP contribution in [0.1, 0.15) is 5.56 Å². The molecule has 0 bridgehead atoms. The van der Waals surface area contributed by atoms with Crippen molar-refractivity contribution in [1.82, 2.24) is 4.72 Å². The molecule has 1 fully saturated rings. The van der Waals surface area contributed by atoms with Crippen molar-refractivity contribution in [2.75, 3.05) is 23.8 Å². The van der Waals surface area contributed by atoms with Crippen LogP contribution in [0.4, 0.5) is 0 Å². The molecule has 0 saturated carbocycles. The molecule has 0 aliphatic carbocycles. The fraction of sp³-hybridized carbons (Fsp3) is 0.500. The van der Waals surface area contributed by atoms with Gasteiger partial charge >= 0.3 is 0 Å². The first-order valence-electron chi connectivity index (χ1n) is 5.94. The third-order valence-corrected chi connectivity index (χ3v) is 7.48. The molecule has 0 unspecified atom stereocenters. The van der Waals surface area contributed by atoms with Crippen molar-refractivity contribution < 1.29 is 8.42 Å². The second-order valence-corrected chi connectivity index (χ2v) is 9.06. The molecule has 0 radical (unpaired) electrons. The van der Waals surface area contributed by atoms with Crippen LogP contribution in [-0.4, -0.2) is 37.5 Å². The second kappa shape index (κ2) is 6.72. The summed E-state index contributed by atoms with van der Waals surface area (Å²) in [4.78, 5) is 0.311. The molecule has 1 heterocycles. The summed E-state index contributed by atoms with van der Waals surface area (Å²) in [6, 6.07) is 4.83. The quantitative estimate of drug-likeness (QED) is 0.917. The van der Waals surface area contributed by atoms with Crippen LogP contribution in [0.2, 0.25) is 5.02 Å². The summed E-state index contributed by atoms with van der Waals surface area (Å²) in [5.41, 5.74) is 0.672. The van der Waals surface area contributed by atoms with E-state index in [1.54, 1.807) is 25.1 Å². The zero-order chi connectivity index (χ0) is 13.9. The fourth-order valence-corrected chi connectivity index (χ4v) is 6.10. The number of sulfonamides is 1. The number of halogens is 1. The van der Waals surface area contributed by atoms with Crippen LogP contribution in [0.15, 0.2) is 23.1 Å². The summed E-state index contributed by atoms with van der Waals surface area (Å²) in [7, 11) is -3.44. The van der Waals surface area contributed by atoms with Gasteiger partial charge in [0.2, 0.25) is 10.0 Å². The average molecular weight is 338 g/mol. The van der Waals surface area contributed by atoms with Crippen LogP contribution in [0.5, 0.6) is 0 Å². The van der Waals surface area contributed by atoms with E-state index < -0.39 is 10.0 Å². The van der Waals surface area contributed by atoms with Crippen LogP contribution in [-0.2, 0) is 10.0 Å². The number of hydrogen-bond acceptors (Lipinski definition) is 4. The Labute approximate surface area is 127 Å². The van der Waals surface area contributed by atoms with E-state index in [2.05, 4.69) is 4.72 Å². The molecule has 7 heteroatoms. The van der Waals surface area contributed by atoms with Gasteiger partial charge in [0.05, 0.1) is 4.90 Å². The number of hydrogen-bond donors (Lipinski definition) is 1. The highest BCUT2D eigenvalue weighted by Gasteiger charge is 2.20. The standard InChI is InChI=1S/C12H16ClNO2S3/c1-9-6-10(13)2-3-12(9)19(15,16)14-7-11-8-17-4-5-18-11/h2-3,6,11,14H,4-5,7-8H2,1H3/t11-/m1/s1. The van der Waals surface area contributed by atoms with E-state index in [1.807, 2.05) is 23.5 Å². The summed E-state index contributed by atoms with van der Waals surface area (Å²) in [5, 5.41) is 0.914. The predicted octanol–water partition coefficient (Wildman–Crippen LogP) is 2.78. The lowest BCUT2D eigenvalue weighted by Crippen LogP contribution is -2.33. The highest BCUT2D eigenvalue weighted by Crippen LogP contribution is 2.24. The molecular formula is C12H16ClNO2S3. The Bertz CT molecular complexity index is 542. The van der Waals surface area contributed by atoms with Gasteiger partial charge in [0, 0.05) is 34.1 Å². The molecule has 3 nitrogen and oxygen atoms in total. The lowest BCUT2D eigenvalue weighted by molar-refractivity contribution is 0.581. The Morgan fingerprint density at radius 2 is 2.21 bits per heavy atom. The van der Waals surface area contributed by atoms with Crippen LogP contribution < -0.4 is 4.72 Å². The number of rotatable bonds is 4. The van der Waals surface area contributed by atoms with E-state index >= 15 is 0 Å². The molecule has 0 amide bonds. The van der Waals surface area contributed by atoms with Gasteiger partial charge in [0.25, 0.3) is 0 Å². The minimum Gasteiger partial charge on any atom is -0.210 e. The van der Waals surface area contributed by atoms with Gasteiger partial charge in [0.1, 0.15) is 0 Å². The molecule has 0 spiro atoms. The van der Waals surface area contributed by atoms with E-state index in [0.29, 0.717) is 27.3 Å². The van der Waals surface area contributed by atoms with E-state index in [0.717, 1.165) is 17.3 Å². The second-order valence-electron chi connectivity index (χ2n) is 4.33. The lowest BCUT2D eigenvalue weighted by atomic mass is 10.2. The largest absolute Gasteiger partial charge is 0.240 e. The van der Waals surface area contributed by atoms with Crippen molar-refractivity contribution in [3.05, 3.63) is 28.8 Å². The Hall–Kier alpha value is 0.120. The van der Waals surface area contributed by atoms with Crippen molar-refractivity contribution in [3.63, 3.8) is 0 Å². The predicted molar refractivity (Wildman–Crippen MR) is 84.9 cm³/mol. The van der Waals surface area contributed by atoms with Gasteiger partial charge in [0.15, 0.2) is 0 Å². The molecule has 2 rings (SSSR count). The zero-order valence-corrected chi connectivity index (χ0v) is 13.8. The Balaban J connectivity index is 2.05. The lowest BCUT2D eigenvalue weighted by Gasteiger charge is -2.21. The van der Waals surface area contributed by atoms with Crippen molar-refractivity contribution >= 4 is 45.1 Å². The van der Waals surface area contributed by atoms with Crippen LogP contribution in [0.25, 0.3) is 0 Å². The van der Waals surface area contributed by atoms with Gasteiger partial charge in [-0.05, 0) is 30.7 Å². The molecule has 1 aromatic carbocycles. The highest BCUT2D eigenvalue weighted by molar-refractivity contribution is 8.06. The third-order valence-electron chi connectivity index (χ3n) is 2.81. The maximum Gasteiger partial charge on any atom is 0.240 e. The smallest absolute Gasteiger partial charge is 0.210 e. The van der Waals surface area contributed by atoms with Gasteiger partial charge in [-0.25, -0.2) is 13.1 Å². The van der Waals surface area contributed by atoms with Gasteiger partial charge in [-0.3, -0.25) is 0 Å². The molecule has 1 aliphatic rings. The van der Waals surface area contributed by atoms with E-state index in [4.69, 9.17) is 11.6 Å². The number of aryl methyl sites for hydroxylation is 1. The molecule has 0 aromatic heterocycles. The Morgan fingerprint density at radius 1 is 1.42 bits per heavy atom. The SMILES string of the molecule is Cc1cc(Cl)ccc1S(=O)(=O)NC[C@@H]1CSCCS1. The summed E-state index contributed by atoms with van der Waals surface area (Å²) in [6.45, 7) is 2.24. The van der Waals surface area contributed by atoms with Gasteiger partial charge < -0.3 is 0 Å². The highest BCUT2D eigenvalue weighted by atomic mass is 35.5. The number of nitrogens with one attached hydrogen (secondary N) is 1. The molecule has 106 valence electrons. The van der Waals surface area contributed by atoms with Gasteiger partial charge in [-0.1, -0.05) is 11.6 Å². The van der Waals surface area contributed by atoms with Crippen molar-refractivity contribution in [2.24, 2.45) is 0 Å². The normalized spacial score (nSPS) is 20.4. The van der Waals surface area contributed by atoms with Crippen LogP contribution in [0, 0.1) is 6.92 Å². The molecule has 1 N–H and O–H groups in total. The first-order valence-corrected chi connectivity index (χ1v) is 10.0. The summed E-state index contributed by atoms with van der Waals surface area (Å²) in [6.07, 6.45) is 0. The minimum atomic E-state index is -3.44. The van der Waals surface area contributed by atoms with Crippen molar-refractivity contribution in [2.45, 2.75) is 17.1 Å². The van der Waals surface area contributed by atoms with E-state index in [1.165, 1.54) is 0 Å². The average Bonchev–Trinajstić information content (AvgIpc) is 2.37. The van der Waals surface area contributed by atoms with E-state index in [9.17, 15) is 8.42 Å². The Kier molecular flexibility index (Phi) is 5.48. The number of benzene rings is 1. The van der Waals surface area contributed by atoms with Crippen molar-refractivity contribution in [1.29, 1.82) is 0 Å². The topological polar surface area (TPSA) is 46.2 Å². The first-order chi connectivity index (χ1) is 8.99. The molecule has 19 heavy (non-hydrogen) atoms. The maximum absolute atomic E-state index is 12.2. The maximum atomic E-state index is 12.2. The molecule has 1 atom stereocenters. The Morgan fingerprint density at radius 3 is 2.84 bits per heavy atom. The van der Waals surface area contributed by atoms with E-state index in [-0.39, 0.29) is 0 Å². The van der Waals surface area contributed by atoms with Crippen LogP contribution >= 0.6 is 35.1 Å². The fourth-order valence-electron chi connectivity index (χ4n) is 1.85. The summed E-state index contributed by atoms with van der Waals surface area (Å²) >= 11 is 9.56. The summed E-state index contributed by atoms with van der Waals surface area (Å²) < 4.78 is 27.2. The minimum absolute atomic E-state index is 0.311. The third kappa shape index (κ3) is 4.29. The molecule has 1 aromatic rings. The van der Waals surface area contributed by atoms with Crippen LogP contribution in [0.3, 0.4) is 0 Å². The summed E-state index contributed by atoms with van der Waals surface area (Å²) in [5.74, 6) is 3.26. The molecular weight excluding hydrogens is 322 g/mol. The monoisotopic (exact) mass is 337 g/mol. The molecule has 1 aliphatic heterocycles. The number of thioether (sulfide) groups is 2. The molecule has 1 saturated heterocycles. The van der Waals surface area contributed by atoms with Crippen molar-refractivity contribution in [3.8, 4) is 0 Å². The zero-order valence-electron chi connectivity index (χ0n) is 10.6.